The maximum atomic E-state index is 13.6. The Bertz CT molecular complexity index is 1770. The Balaban J connectivity index is 0.000000219. The molecule has 2 aromatic carbocycles. The van der Waals surface area contributed by atoms with Crippen molar-refractivity contribution >= 4 is 48.8 Å². The summed E-state index contributed by atoms with van der Waals surface area (Å²) in [4.78, 5) is 13.1. The predicted molar refractivity (Wildman–Crippen MR) is 233 cm³/mol. The van der Waals surface area contributed by atoms with E-state index in [0.717, 1.165) is 84.3 Å². The number of carbonyl (C=O) groups excluding carboxylic acids is 1. The molecule has 2 aromatic rings. The van der Waals surface area contributed by atoms with E-state index in [1.807, 2.05) is 53.9 Å². The third kappa shape index (κ3) is 8.02. The molecule has 0 aromatic heterocycles. The summed E-state index contributed by atoms with van der Waals surface area (Å²) in [6.45, 7) is 19.6. The molecular formula is C45H66Br2N2O6S. The monoisotopic (exact) mass is 920 g/mol. The van der Waals surface area contributed by atoms with Gasteiger partial charge in [-0.2, -0.15) is 0 Å². The van der Waals surface area contributed by atoms with Gasteiger partial charge in [0.05, 0.1) is 41.2 Å². The molecule has 2 saturated carbocycles. The fourth-order valence-electron chi connectivity index (χ4n) is 10.7. The van der Waals surface area contributed by atoms with Crippen LogP contribution in [-0.2, 0) is 58.6 Å². The number of hydrogen-bond acceptors (Lipinski definition) is 7. The van der Waals surface area contributed by atoms with Crippen molar-refractivity contribution < 1.29 is 28.0 Å². The van der Waals surface area contributed by atoms with Crippen LogP contribution in [-0.4, -0.2) is 54.6 Å². The molecule has 6 rings (SSSR count). The Morgan fingerprint density at radius 2 is 1.32 bits per heavy atom. The first kappa shape index (κ1) is 45.5. The van der Waals surface area contributed by atoms with Crippen LogP contribution in [0.15, 0.2) is 57.7 Å². The van der Waals surface area contributed by atoms with Crippen LogP contribution in [0.5, 0.6) is 0 Å². The molecule has 0 radical (unpaired) electrons. The second-order valence-electron chi connectivity index (χ2n) is 17.5. The van der Waals surface area contributed by atoms with Gasteiger partial charge in [0.25, 0.3) is 0 Å². The Morgan fingerprint density at radius 1 is 0.839 bits per heavy atom. The number of nitrogens with one attached hydrogen (secondary N) is 1. The summed E-state index contributed by atoms with van der Waals surface area (Å²) in [5.41, 5.74) is 9.20. The minimum absolute atomic E-state index is 0.168. The van der Waals surface area contributed by atoms with Gasteiger partial charge in [0, 0.05) is 34.0 Å². The number of nitrogens with two attached hydrogens (primary N) is 1. The number of fused-ring (bicyclic) bond motifs is 2. The minimum atomic E-state index is -1.29. The zero-order chi connectivity index (χ0) is 41.3. The molecule has 8 nitrogen and oxygen atoms in total. The zero-order valence-electron chi connectivity index (χ0n) is 35.2. The fourth-order valence-corrected chi connectivity index (χ4v) is 12.5. The van der Waals surface area contributed by atoms with Gasteiger partial charge in [0.15, 0.2) is 0 Å². The summed E-state index contributed by atoms with van der Waals surface area (Å²) in [6.07, 6.45) is 9.98. The van der Waals surface area contributed by atoms with Gasteiger partial charge in [-0.15, -0.1) is 0 Å². The van der Waals surface area contributed by atoms with E-state index in [1.165, 1.54) is 11.1 Å². The number of hydrogen-bond donors (Lipinski definition) is 2. The van der Waals surface area contributed by atoms with Crippen LogP contribution in [0.3, 0.4) is 0 Å². The number of esters is 1. The average molecular weight is 923 g/mol. The lowest BCUT2D eigenvalue weighted by atomic mass is 9.58. The summed E-state index contributed by atoms with van der Waals surface area (Å²) in [5.74, 6) is 1.23. The average Bonchev–Trinajstić information content (AvgIpc) is 3.56. The van der Waals surface area contributed by atoms with Crippen molar-refractivity contribution in [1.29, 1.82) is 0 Å². The lowest BCUT2D eigenvalue weighted by Crippen LogP contribution is -2.60. The highest BCUT2D eigenvalue weighted by Gasteiger charge is 2.64. The molecule has 2 fully saturated rings. The van der Waals surface area contributed by atoms with E-state index in [-0.39, 0.29) is 29.0 Å². The van der Waals surface area contributed by atoms with Crippen LogP contribution < -0.4 is 10.5 Å². The largest absolute Gasteiger partial charge is 0.496 e. The molecule has 0 aliphatic heterocycles. The number of rotatable bonds is 11. The van der Waals surface area contributed by atoms with Crippen molar-refractivity contribution in [2.45, 2.75) is 141 Å². The van der Waals surface area contributed by atoms with Crippen LogP contribution in [0.4, 0.5) is 0 Å². The maximum absolute atomic E-state index is 13.6. The van der Waals surface area contributed by atoms with Gasteiger partial charge in [-0.1, -0.05) is 77.3 Å². The highest BCUT2D eigenvalue weighted by molar-refractivity contribution is 9.10. The zero-order valence-corrected chi connectivity index (χ0v) is 39.1. The summed E-state index contributed by atoms with van der Waals surface area (Å²) in [5, 5.41) is 0. The molecule has 0 amide bonds. The van der Waals surface area contributed by atoms with Gasteiger partial charge in [0.1, 0.15) is 16.8 Å². The number of methoxy groups -OCH3 is 2. The Kier molecular flexibility index (Phi) is 14.6. The molecule has 2 spiro atoms. The van der Waals surface area contributed by atoms with Crippen molar-refractivity contribution in [3.63, 3.8) is 0 Å². The molecule has 4 aliphatic rings. The molecular weight excluding hydrogens is 856 g/mol. The number of carbonyl (C=O) groups is 1. The summed E-state index contributed by atoms with van der Waals surface area (Å²) in [7, 11) is 2.32. The first-order chi connectivity index (χ1) is 26.5. The number of benzene rings is 2. The van der Waals surface area contributed by atoms with E-state index in [9.17, 15) is 9.00 Å². The number of halogens is 2. The van der Waals surface area contributed by atoms with Gasteiger partial charge in [-0.3, -0.25) is 0 Å². The van der Waals surface area contributed by atoms with Crippen LogP contribution in [0, 0.1) is 22.7 Å². The molecule has 0 unspecified atom stereocenters. The summed E-state index contributed by atoms with van der Waals surface area (Å²) >= 11 is 7.21. The van der Waals surface area contributed by atoms with Crippen molar-refractivity contribution in [2.24, 2.45) is 28.4 Å². The minimum Gasteiger partial charge on any atom is -0.496 e. The quantitative estimate of drug-likeness (QED) is 0.171. The smallest absolute Gasteiger partial charge is 0.331 e. The molecule has 11 heteroatoms. The lowest BCUT2D eigenvalue weighted by Gasteiger charge is -2.53. The second kappa shape index (κ2) is 17.9. The summed E-state index contributed by atoms with van der Waals surface area (Å²) < 4.78 is 41.9. The SMILES string of the molecule is C=C(OCC)[C@]1(N[S@@](=O)C(C)(C)C)c2cc(Br)ccc2C[C@]12CC[C@@H](OC)[C@H](CC)C2.CCOC(=O)[C@]1(N)c2cc(Br)ccc2C[C@]12CC[C@@H](OC)[C@H](CC)C2. The molecule has 0 bridgehead atoms. The van der Waals surface area contributed by atoms with E-state index in [1.54, 1.807) is 7.11 Å². The third-order valence-electron chi connectivity index (χ3n) is 13.6. The molecule has 312 valence electrons. The predicted octanol–water partition coefficient (Wildman–Crippen LogP) is 9.95. The fraction of sp³-hybridized carbons (Fsp3) is 0.667. The van der Waals surface area contributed by atoms with Crippen LogP contribution >= 0.6 is 31.9 Å². The normalized spacial score (nSPS) is 32.6. The molecule has 9 atom stereocenters. The van der Waals surface area contributed by atoms with E-state index in [0.29, 0.717) is 30.8 Å². The van der Waals surface area contributed by atoms with Crippen LogP contribution in [0.25, 0.3) is 0 Å². The van der Waals surface area contributed by atoms with E-state index in [2.05, 4.69) is 81.3 Å². The van der Waals surface area contributed by atoms with E-state index in [4.69, 9.17) is 24.7 Å². The van der Waals surface area contributed by atoms with Crippen molar-refractivity contribution in [3.8, 4) is 0 Å². The molecule has 4 aliphatic carbocycles. The lowest BCUT2D eigenvalue weighted by molar-refractivity contribution is -0.159. The Labute approximate surface area is 356 Å². The van der Waals surface area contributed by atoms with Crippen molar-refractivity contribution in [2.75, 3.05) is 27.4 Å². The van der Waals surface area contributed by atoms with Gasteiger partial charge >= 0.3 is 5.97 Å². The Morgan fingerprint density at radius 3 is 1.82 bits per heavy atom. The first-order valence-corrected chi connectivity index (χ1v) is 23.3. The van der Waals surface area contributed by atoms with Gasteiger partial charge in [0.2, 0.25) is 0 Å². The molecule has 0 heterocycles. The van der Waals surface area contributed by atoms with E-state index < -0.39 is 26.8 Å². The van der Waals surface area contributed by atoms with Crippen LogP contribution in [0.2, 0.25) is 0 Å². The topological polar surface area (TPSA) is 109 Å². The highest BCUT2D eigenvalue weighted by Crippen LogP contribution is 2.63. The third-order valence-corrected chi connectivity index (χ3v) is 16.2. The summed E-state index contributed by atoms with van der Waals surface area (Å²) in [6, 6.07) is 12.6. The second-order valence-corrected chi connectivity index (χ2v) is 21.3. The van der Waals surface area contributed by atoms with Gasteiger partial charge in [-0.05, 0) is 144 Å². The van der Waals surface area contributed by atoms with E-state index >= 15 is 0 Å². The number of ether oxygens (including phenoxy) is 4. The molecule has 0 saturated heterocycles. The van der Waals surface area contributed by atoms with Gasteiger partial charge in [-0.25, -0.2) is 13.7 Å². The molecule has 3 N–H and O–H groups in total. The standard InChI is InChI=1S/C25H38BrNO3S.C20H28BrNO3/c1-8-18-15-24(13-12-22(18)29-7)16-19-10-11-20(26)14-21(19)25(24,17(3)30-9-2)27-31(28)23(4,5)6;1-4-13-11-19(9-8-17(13)24-3)12-14-6-7-15(21)10-16(14)20(19,22)18(23)25-5-2/h10-11,14,18,22,27H,3,8-9,12-13,15-16H2,1-2,4-7H3;6-7,10,13,17H,4-5,8-9,11-12,22H2,1-3H3/t18-,22-,24-,25+,31+;13-,17-,19-,20-/m11/s1. The van der Waals surface area contributed by atoms with Crippen molar-refractivity contribution in [3.05, 3.63) is 79.9 Å². The molecule has 56 heavy (non-hydrogen) atoms. The van der Waals surface area contributed by atoms with Crippen molar-refractivity contribution in [1.82, 2.24) is 4.72 Å². The Hall–Kier alpha value is -1.60. The van der Waals surface area contributed by atoms with Gasteiger partial charge < -0.3 is 24.7 Å². The maximum Gasteiger partial charge on any atom is 0.331 e. The van der Waals surface area contributed by atoms with Crippen LogP contribution in [0.1, 0.15) is 122 Å². The first-order valence-electron chi connectivity index (χ1n) is 20.6. The highest BCUT2D eigenvalue weighted by atomic mass is 79.9.